The predicted molar refractivity (Wildman–Crippen MR) is 102 cm³/mol. The number of likely N-dealkylation sites (tertiary alicyclic amines) is 1. The van der Waals surface area contributed by atoms with Crippen LogP contribution in [0.4, 0.5) is 0 Å². The van der Waals surface area contributed by atoms with Crippen LogP contribution in [0.3, 0.4) is 0 Å². The van der Waals surface area contributed by atoms with E-state index in [4.69, 9.17) is 0 Å². The second-order valence-corrected chi connectivity index (χ2v) is 7.37. The zero-order valence-corrected chi connectivity index (χ0v) is 15.1. The molecular formula is C21H27ClN2. The van der Waals surface area contributed by atoms with E-state index in [0.717, 1.165) is 6.54 Å². The molecule has 2 aromatic carbocycles. The highest BCUT2D eigenvalue weighted by Crippen LogP contribution is 2.53. The standard InChI is InChI=1S/C21H26N2.ClH/c1-17(19-10-6-3-7-11-19)22-20-15-23(16-21(20)12-13-21)14-18-8-4-2-5-9-18;/h2-11,17,20,22H,12-16H2,1H3;1H/t17-,20?;/m1./s1. The third kappa shape index (κ3) is 3.66. The number of rotatable bonds is 5. The second-order valence-electron chi connectivity index (χ2n) is 7.37. The van der Waals surface area contributed by atoms with Crippen LogP contribution < -0.4 is 5.32 Å². The van der Waals surface area contributed by atoms with Gasteiger partial charge in [0.1, 0.15) is 0 Å². The lowest BCUT2D eigenvalue weighted by Crippen LogP contribution is -2.38. The van der Waals surface area contributed by atoms with E-state index in [0.29, 0.717) is 17.5 Å². The minimum absolute atomic E-state index is 0. The molecular weight excluding hydrogens is 316 g/mol. The normalized spacial score (nSPS) is 23.0. The van der Waals surface area contributed by atoms with Gasteiger partial charge in [-0.2, -0.15) is 0 Å². The van der Waals surface area contributed by atoms with Gasteiger partial charge >= 0.3 is 0 Å². The van der Waals surface area contributed by atoms with Gasteiger partial charge in [0.25, 0.3) is 0 Å². The lowest BCUT2D eigenvalue weighted by Gasteiger charge is -2.24. The molecule has 128 valence electrons. The van der Waals surface area contributed by atoms with Crippen LogP contribution in [-0.4, -0.2) is 24.0 Å². The Hall–Kier alpha value is -1.35. The molecule has 2 aliphatic rings. The second kappa shape index (κ2) is 7.26. The number of hydrogen-bond acceptors (Lipinski definition) is 2. The molecule has 0 bridgehead atoms. The Bertz CT molecular complexity index is 639. The quantitative estimate of drug-likeness (QED) is 0.865. The van der Waals surface area contributed by atoms with E-state index in [1.165, 1.54) is 37.1 Å². The lowest BCUT2D eigenvalue weighted by atomic mass is 9.98. The number of hydrogen-bond donors (Lipinski definition) is 1. The zero-order chi connectivity index (χ0) is 15.7. The van der Waals surface area contributed by atoms with Gasteiger partial charge in [-0.15, -0.1) is 12.4 Å². The maximum atomic E-state index is 3.92. The molecule has 1 saturated carbocycles. The zero-order valence-electron chi connectivity index (χ0n) is 14.3. The molecule has 1 unspecified atom stereocenters. The van der Waals surface area contributed by atoms with Crippen LogP contribution >= 0.6 is 12.4 Å². The van der Waals surface area contributed by atoms with Crippen molar-refractivity contribution in [2.24, 2.45) is 5.41 Å². The topological polar surface area (TPSA) is 15.3 Å². The van der Waals surface area contributed by atoms with E-state index >= 15 is 0 Å². The maximum Gasteiger partial charge on any atom is 0.0295 e. The first-order chi connectivity index (χ1) is 11.3. The van der Waals surface area contributed by atoms with E-state index in [1.807, 2.05) is 0 Å². The Balaban J connectivity index is 0.00000169. The highest BCUT2D eigenvalue weighted by atomic mass is 35.5. The summed E-state index contributed by atoms with van der Waals surface area (Å²) in [5.74, 6) is 0. The van der Waals surface area contributed by atoms with Crippen molar-refractivity contribution in [2.75, 3.05) is 13.1 Å². The van der Waals surface area contributed by atoms with E-state index in [2.05, 4.69) is 77.8 Å². The molecule has 0 radical (unpaired) electrons. The fraction of sp³-hybridized carbons (Fsp3) is 0.429. The van der Waals surface area contributed by atoms with Crippen molar-refractivity contribution in [3.05, 3.63) is 71.8 Å². The third-order valence-corrected chi connectivity index (χ3v) is 5.61. The van der Waals surface area contributed by atoms with Crippen LogP contribution in [-0.2, 0) is 6.54 Å². The number of halogens is 1. The lowest BCUT2D eigenvalue weighted by molar-refractivity contribution is 0.311. The van der Waals surface area contributed by atoms with Crippen LogP contribution in [0.2, 0.25) is 0 Å². The van der Waals surface area contributed by atoms with E-state index in [9.17, 15) is 0 Å². The van der Waals surface area contributed by atoms with Crippen molar-refractivity contribution in [1.82, 2.24) is 10.2 Å². The Labute approximate surface area is 151 Å². The highest BCUT2D eigenvalue weighted by molar-refractivity contribution is 5.85. The molecule has 1 N–H and O–H groups in total. The van der Waals surface area contributed by atoms with Crippen molar-refractivity contribution in [1.29, 1.82) is 0 Å². The molecule has 4 rings (SSSR count). The van der Waals surface area contributed by atoms with Crippen LogP contribution in [0, 0.1) is 5.41 Å². The minimum Gasteiger partial charge on any atom is -0.306 e. The van der Waals surface area contributed by atoms with Gasteiger partial charge < -0.3 is 5.32 Å². The number of nitrogens with zero attached hydrogens (tertiary/aromatic N) is 1. The van der Waals surface area contributed by atoms with Gasteiger partial charge in [-0.1, -0.05) is 60.7 Å². The first-order valence-electron chi connectivity index (χ1n) is 8.82. The van der Waals surface area contributed by atoms with Gasteiger partial charge in [0, 0.05) is 31.7 Å². The maximum absolute atomic E-state index is 3.92. The van der Waals surface area contributed by atoms with Gasteiger partial charge in [0.15, 0.2) is 0 Å². The molecule has 1 aliphatic heterocycles. The molecule has 0 amide bonds. The summed E-state index contributed by atoms with van der Waals surface area (Å²) >= 11 is 0. The molecule has 2 atom stereocenters. The smallest absolute Gasteiger partial charge is 0.0295 e. The SMILES string of the molecule is C[C@@H](NC1CN(Cc2ccccc2)CC12CC2)c1ccccc1.Cl. The minimum atomic E-state index is 0. The molecule has 1 aliphatic carbocycles. The Morgan fingerprint density at radius 1 is 1.04 bits per heavy atom. The first kappa shape index (κ1) is 17.5. The number of benzene rings is 2. The van der Waals surface area contributed by atoms with E-state index in [1.54, 1.807) is 0 Å². The van der Waals surface area contributed by atoms with Crippen LogP contribution in [0.15, 0.2) is 60.7 Å². The summed E-state index contributed by atoms with van der Waals surface area (Å²) in [5.41, 5.74) is 3.36. The fourth-order valence-corrected chi connectivity index (χ4v) is 4.07. The van der Waals surface area contributed by atoms with Crippen LogP contribution in [0.25, 0.3) is 0 Å². The average Bonchev–Trinajstić information content (AvgIpc) is 3.28. The average molecular weight is 343 g/mol. The van der Waals surface area contributed by atoms with Crippen molar-refractivity contribution < 1.29 is 0 Å². The van der Waals surface area contributed by atoms with E-state index in [-0.39, 0.29) is 12.4 Å². The summed E-state index contributed by atoms with van der Waals surface area (Å²) in [6, 6.07) is 22.8. The van der Waals surface area contributed by atoms with Crippen molar-refractivity contribution in [3.8, 4) is 0 Å². The first-order valence-corrected chi connectivity index (χ1v) is 8.82. The van der Waals surface area contributed by atoms with Gasteiger partial charge in [-0.25, -0.2) is 0 Å². The van der Waals surface area contributed by atoms with Crippen molar-refractivity contribution >= 4 is 12.4 Å². The van der Waals surface area contributed by atoms with Crippen LogP contribution in [0.1, 0.15) is 36.9 Å². The van der Waals surface area contributed by atoms with Gasteiger partial charge in [-0.3, -0.25) is 4.90 Å². The summed E-state index contributed by atoms with van der Waals surface area (Å²) in [4.78, 5) is 2.64. The molecule has 2 fully saturated rings. The molecule has 24 heavy (non-hydrogen) atoms. The largest absolute Gasteiger partial charge is 0.306 e. The van der Waals surface area contributed by atoms with Crippen LogP contribution in [0.5, 0.6) is 0 Å². The molecule has 1 saturated heterocycles. The Morgan fingerprint density at radius 2 is 1.67 bits per heavy atom. The molecule has 0 aromatic heterocycles. The molecule has 2 aromatic rings. The van der Waals surface area contributed by atoms with Crippen molar-refractivity contribution in [3.63, 3.8) is 0 Å². The summed E-state index contributed by atoms with van der Waals surface area (Å²) in [5, 5.41) is 3.92. The predicted octanol–water partition coefficient (Wildman–Crippen LogP) is 4.42. The fourth-order valence-electron chi connectivity index (χ4n) is 4.07. The van der Waals surface area contributed by atoms with Gasteiger partial charge in [0.05, 0.1) is 0 Å². The summed E-state index contributed by atoms with van der Waals surface area (Å²) in [7, 11) is 0. The Morgan fingerprint density at radius 3 is 2.29 bits per heavy atom. The molecule has 1 heterocycles. The Kier molecular flexibility index (Phi) is 5.29. The van der Waals surface area contributed by atoms with Gasteiger partial charge in [-0.05, 0) is 36.3 Å². The molecule has 3 heteroatoms. The van der Waals surface area contributed by atoms with E-state index < -0.39 is 0 Å². The third-order valence-electron chi connectivity index (χ3n) is 5.61. The molecule has 2 nitrogen and oxygen atoms in total. The number of nitrogens with one attached hydrogen (secondary N) is 1. The summed E-state index contributed by atoms with van der Waals surface area (Å²) in [6.07, 6.45) is 2.77. The highest BCUT2D eigenvalue weighted by Gasteiger charge is 2.54. The van der Waals surface area contributed by atoms with Crippen molar-refractivity contribution in [2.45, 2.75) is 38.4 Å². The molecule has 1 spiro atoms. The summed E-state index contributed by atoms with van der Waals surface area (Å²) in [6.45, 7) is 5.80. The summed E-state index contributed by atoms with van der Waals surface area (Å²) < 4.78 is 0. The van der Waals surface area contributed by atoms with Gasteiger partial charge in [0.2, 0.25) is 0 Å². The monoisotopic (exact) mass is 342 g/mol.